The highest BCUT2D eigenvalue weighted by Gasteiger charge is 2.69. The molecule has 11 fully saturated rings. The van der Waals surface area contributed by atoms with Crippen LogP contribution in [0.3, 0.4) is 0 Å². The lowest BCUT2D eigenvalue weighted by Crippen LogP contribution is -2.61. The third-order valence-corrected chi connectivity index (χ3v) is 20.6. The molecule has 12 bridgehead atoms. The Morgan fingerprint density at radius 2 is 1.40 bits per heavy atom. The van der Waals surface area contributed by atoms with Crippen LogP contribution in [0.15, 0.2) is 54.6 Å². The fourth-order valence-corrected chi connectivity index (χ4v) is 15.9. The molecule has 11 aliphatic heterocycles. The van der Waals surface area contributed by atoms with Gasteiger partial charge in [0.2, 0.25) is 29.5 Å². The van der Waals surface area contributed by atoms with Gasteiger partial charge < -0.3 is 83.8 Å². The van der Waals surface area contributed by atoms with Gasteiger partial charge in [-0.3, -0.25) is 28.8 Å². The zero-order valence-electron chi connectivity index (χ0n) is 52.9. The molecule has 23 nitrogen and oxygen atoms in total. The van der Waals surface area contributed by atoms with Crippen LogP contribution < -0.4 is 26.6 Å². The molecule has 1 aromatic rings. The Bertz CT molecular complexity index is 2770. The van der Waals surface area contributed by atoms with Crippen LogP contribution >= 0.6 is 12.2 Å². The predicted octanol–water partition coefficient (Wildman–Crippen LogP) is 3.51. The number of hydrogen-bond acceptors (Lipinski definition) is 19. The molecule has 12 rings (SSSR count). The molecule has 20 atom stereocenters. The summed E-state index contributed by atoms with van der Waals surface area (Å²) in [6, 6.07) is 7.85. The minimum absolute atomic E-state index is 0.00458. The number of methoxy groups -OCH3 is 1. The summed E-state index contributed by atoms with van der Waals surface area (Å²) in [6.45, 7) is 12.5. The van der Waals surface area contributed by atoms with Crippen molar-refractivity contribution < 1.29 is 86.0 Å². The zero-order chi connectivity index (χ0) is 63.9. The first kappa shape index (κ1) is 67.7. The van der Waals surface area contributed by atoms with Gasteiger partial charge in [-0.1, -0.05) is 69.6 Å². The Hall–Kier alpha value is -4.67. The van der Waals surface area contributed by atoms with Gasteiger partial charge in [-0.15, -0.1) is 0 Å². The number of thiocarbonyl (C=S) groups is 1. The highest BCUT2D eigenvalue weighted by Crippen LogP contribution is 2.54. The van der Waals surface area contributed by atoms with E-state index >= 15 is 0 Å². The molecule has 91 heavy (non-hydrogen) atoms. The lowest BCUT2D eigenvalue weighted by atomic mass is 9.81. The molecular formula is C67H95N5O18S. The van der Waals surface area contributed by atoms with E-state index in [1.165, 1.54) is 0 Å². The molecule has 1 spiro atoms. The number of amides is 5. The summed E-state index contributed by atoms with van der Waals surface area (Å²) < 4.78 is 72.8. The molecule has 502 valence electrons. The van der Waals surface area contributed by atoms with Crippen LogP contribution in [0.2, 0.25) is 0 Å². The maximum absolute atomic E-state index is 13.7. The van der Waals surface area contributed by atoms with Gasteiger partial charge in [0.15, 0.2) is 5.79 Å². The lowest BCUT2D eigenvalue weighted by molar-refractivity contribution is -0.292. The first-order valence-electron chi connectivity index (χ1n) is 33.4. The van der Waals surface area contributed by atoms with Gasteiger partial charge in [0, 0.05) is 76.9 Å². The van der Waals surface area contributed by atoms with Gasteiger partial charge >= 0.3 is 0 Å². The largest absolute Gasteiger partial charge is 0.391 e. The van der Waals surface area contributed by atoms with Crippen LogP contribution in [0, 0.1) is 23.7 Å². The number of Topliss-reactive ketones (excluding diaryl/α,β-unsaturated/α-hetero) is 1. The highest BCUT2D eigenvalue weighted by molar-refractivity contribution is 7.80. The monoisotopic (exact) mass is 1290 g/mol. The quantitative estimate of drug-likeness (QED) is 0.0805. The number of aliphatic hydroxyl groups is 1. The first-order valence-corrected chi connectivity index (χ1v) is 33.8. The predicted molar refractivity (Wildman–Crippen MR) is 332 cm³/mol. The molecule has 0 radical (unpaired) electrons. The molecule has 6 N–H and O–H groups in total. The maximum atomic E-state index is 13.7. The van der Waals surface area contributed by atoms with Crippen molar-refractivity contribution in [2.75, 3.05) is 59.7 Å². The minimum atomic E-state index is -1.14. The average molecular weight is 1290 g/mol. The van der Waals surface area contributed by atoms with Gasteiger partial charge in [0.05, 0.1) is 119 Å². The molecule has 11 aliphatic rings. The smallest absolute Gasteiger partial charge is 0.243 e. The molecule has 0 aromatic heterocycles. The Balaban J connectivity index is 0.677. The molecule has 3 unspecified atom stereocenters. The van der Waals surface area contributed by atoms with Crippen molar-refractivity contribution in [3.05, 3.63) is 60.2 Å². The van der Waals surface area contributed by atoms with E-state index in [1.54, 1.807) is 31.4 Å². The fraction of sp³-hybridized carbons (Fsp3) is 0.746. The summed E-state index contributed by atoms with van der Waals surface area (Å²) in [5.74, 6) is -4.32. The summed E-state index contributed by atoms with van der Waals surface area (Å²) in [5.41, 5.74) is 2.83. The van der Waals surface area contributed by atoms with E-state index in [0.29, 0.717) is 38.5 Å². The number of hydrogen-bond donors (Lipinski definition) is 6. The van der Waals surface area contributed by atoms with Crippen LogP contribution in [0.4, 0.5) is 0 Å². The molecule has 11 saturated heterocycles. The number of carbonyl (C=O) groups is 6. The third-order valence-electron chi connectivity index (χ3n) is 20.3. The van der Waals surface area contributed by atoms with Crippen molar-refractivity contribution >= 4 is 52.4 Å². The Kier molecular flexibility index (Phi) is 22.9. The fourth-order valence-electron chi connectivity index (χ4n) is 15.5. The standard InChI is InChI=1S/C67H95N5O18S/c1-6-10-49(74)41-34-81-32-40(33-82-35-41)22-56(75)69-29-57(76)70-31-59(78)72-48(21-39-11-8-7-9-12-39)66(79)71-30-58(77)68-28-42(73)23-54-60(80-5)47-25-46(91)24-44-14-16-51-61(85-44)65-64-63(87-51)62-55(88-64)27-67(89-62,90-65)18-17-45-20-37(3)50(83-45)15-13-43-19-36(2)38(4)52(84-43)26-53(47)86-54/h7-9,11-12,36,40-45,47-48,50-55,60-65,73H,3-4,6,10,13-35H2,1-2,5H3,(H,68,77)(H,69,75)(H,70,76)(H,71,79)(H,72,78)/t36-,40?,41?,42+,43+,44-,45+,47+,48+,50+,51+,52-,53+,54-,55?,60-,61+,62+,63?,64?,65+,67+/m1/s1. The number of nitrogens with one attached hydrogen (secondary N) is 5. The molecule has 5 amide bonds. The van der Waals surface area contributed by atoms with E-state index in [1.807, 2.05) is 13.0 Å². The Labute approximate surface area is 538 Å². The van der Waals surface area contributed by atoms with Crippen LogP contribution in [0.5, 0.6) is 0 Å². The Morgan fingerprint density at radius 1 is 0.703 bits per heavy atom. The normalized spacial score (nSPS) is 37.8. The second-order valence-electron chi connectivity index (χ2n) is 27.1. The number of aliphatic hydroxyl groups excluding tert-OH is 1. The van der Waals surface area contributed by atoms with Crippen molar-refractivity contribution in [2.45, 2.75) is 232 Å². The second kappa shape index (κ2) is 30.8. The van der Waals surface area contributed by atoms with E-state index in [0.717, 1.165) is 72.9 Å². The van der Waals surface area contributed by atoms with Crippen LogP contribution in [-0.4, -0.2) is 214 Å². The van der Waals surface area contributed by atoms with Gasteiger partial charge in [-0.05, 0) is 85.3 Å². The van der Waals surface area contributed by atoms with Crippen LogP contribution in [-0.2, 0) is 87.3 Å². The van der Waals surface area contributed by atoms with Crippen molar-refractivity contribution in [1.29, 1.82) is 0 Å². The van der Waals surface area contributed by atoms with Gasteiger partial charge in [-0.25, -0.2) is 0 Å². The van der Waals surface area contributed by atoms with E-state index < -0.39 is 85.4 Å². The number of carbonyl (C=O) groups excluding carboxylic acids is 6. The van der Waals surface area contributed by atoms with Crippen LogP contribution in [0.1, 0.15) is 122 Å². The lowest BCUT2D eigenvalue weighted by Gasteiger charge is -2.47. The molecule has 0 aliphatic carbocycles. The summed E-state index contributed by atoms with van der Waals surface area (Å²) in [6.07, 6.45) is 4.87. The number of ketones is 1. The summed E-state index contributed by atoms with van der Waals surface area (Å²) in [4.78, 5) is 78.9. The highest BCUT2D eigenvalue weighted by atomic mass is 32.1. The number of benzene rings is 1. The van der Waals surface area contributed by atoms with Gasteiger partial charge in [-0.2, -0.15) is 0 Å². The summed E-state index contributed by atoms with van der Waals surface area (Å²) in [7, 11) is 1.64. The van der Waals surface area contributed by atoms with Gasteiger partial charge in [0.25, 0.3) is 0 Å². The third kappa shape index (κ3) is 16.9. The molecular weight excluding hydrogens is 1190 g/mol. The van der Waals surface area contributed by atoms with E-state index in [2.05, 4.69) is 46.7 Å². The maximum Gasteiger partial charge on any atom is 0.243 e. The minimum Gasteiger partial charge on any atom is -0.391 e. The first-order chi connectivity index (χ1) is 43.9. The second-order valence-corrected chi connectivity index (χ2v) is 27.7. The zero-order valence-corrected chi connectivity index (χ0v) is 53.7. The number of rotatable bonds is 20. The number of ether oxygens (including phenoxy) is 11. The van der Waals surface area contributed by atoms with E-state index in [9.17, 15) is 33.9 Å². The van der Waals surface area contributed by atoms with Crippen LogP contribution in [0.25, 0.3) is 0 Å². The summed E-state index contributed by atoms with van der Waals surface area (Å²) in [5, 5.41) is 24.7. The number of fused-ring (bicyclic) bond motifs is 6. The average Bonchev–Trinajstić information content (AvgIpc) is 1.56. The van der Waals surface area contributed by atoms with Crippen molar-refractivity contribution in [2.24, 2.45) is 23.7 Å². The molecule has 1 aromatic carbocycles. The topological polar surface area (TPSA) is 284 Å². The van der Waals surface area contributed by atoms with E-state index in [-0.39, 0.29) is 155 Å². The SMILES string of the molecule is C=C1C[C@@H]2CC[C@@]34CC5OC6C(O[C@H]7CC[C@H](CC(=S)C[C@@H]8[C@@H](OC)[C@@H](C[C@H](O)CNC(=O)CNC(=O)[C@H](Cc9ccccc9)NC(=O)CNC(=O)CNC(=O)CC9COCC(C(=O)CCC)COC9)O[C@H]8C[C@H]8O[C@@H](CC[C@@H]1O2)C[C@@H](C)C8=C)O[C@@H]7[C@@H]6O3)[C@H]5O4. The van der Waals surface area contributed by atoms with Crippen molar-refractivity contribution in [3.8, 4) is 0 Å². The molecule has 0 saturated carbocycles. The van der Waals surface area contributed by atoms with Gasteiger partial charge in [0.1, 0.15) is 42.3 Å². The van der Waals surface area contributed by atoms with E-state index in [4.69, 9.17) is 64.3 Å². The molecule has 24 heteroatoms. The van der Waals surface area contributed by atoms with Crippen molar-refractivity contribution in [1.82, 2.24) is 26.6 Å². The summed E-state index contributed by atoms with van der Waals surface area (Å²) >= 11 is 6.30. The Morgan fingerprint density at radius 3 is 2.18 bits per heavy atom. The van der Waals surface area contributed by atoms with Crippen molar-refractivity contribution in [3.63, 3.8) is 0 Å². The molecule has 11 heterocycles.